The molecular formula is C29H29F2N3O4. The molecule has 4 rings (SSSR count). The summed E-state index contributed by atoms with van der Waals surface area (Å²) in [4.78, 5) is 43.2. The standard InChI is InChI=1S/C29H29F2N3O4/c1-18(32)28(36)34(25(35)15-19-13-22(30)16-23(31)14-19)26-27(21-11-7-4-8-12-21)38-24(17-33(2)29(26)37)20-9-5-3-6-10-20/h3-14,16,18,24,26-27H,15,17,32H2,1-2H3/t18-,24+,26-,27+/m0/s1. The zero-order chi connectivity index (χ0) is 27.4. The number of carbonyl (C=O) groups excluding carboxylic acids is 3. The van der Waals surface area contributed by atoms with Gasteiger partial charge in [0.2, 0.25) is 17.7 Å². The van der Waals surface area contributed by atoms with Crippen molar-refractivity contribution in [2.45, 2.75) is 37.6 Å². The first-order chi connectivity index (χ1) is 18.2. The molecule has 3 amide bonds. The van der Waals surface area contributed by atoms with E-state index in [2.05, 4.69) is 0 Å². The minimum atomic E-state index is -1.40. The summed E-state index contributed by atoms with van der Waals surface area (Å²) < 4.78 is 34.2. The number of nitrogens with zero attached hydrogens (tertiary/aromatic N) is 2. The minimum Gasteiger partial charge on any atom is -0.361 e. The molecule has 0 bridgehead atoms. The van der Waals surface area contributed by atoms with Gasteiger partial charge in [0.25, 0.3) is 0 Å². The van der Waals surface area contributed by atoms with Crippen molar-refractivity contribution in [2.24, 2.45) is 5.73 Å². The number of rotatable bonds is 6. The molecule has 9 heteroatoms. The SMILES string of the molecule is C[C@H](N)C(=O)N(C(=O)Cc1cc(F)cc(F)c1)[C@@H]1C(=O)N(C)C[C@H](c2ccccc2)O[C@@H]1c1ccccc1. The molecule has 38 heavy (non-hydrogen) atoms. The van der Waals surface area contributed by atoms with Crippen molar-refractivity contribution in [3.05, 3.63) is 107 Å². The van der Waals surface area contributed by atoms with E-state index in [1.165, 1.54) is 11.8 Å². The number of imide groups is 1. The fourth-order valence-corrected chi connectivity index (χ4v) is 4.60. The van der Waals surface area contributed by atoms with Gasteiger partial charge in [-0.1, -0.05) is 60.7 Å². The number of hydrogen-bond acceptors (Lipinski definition) is 5. The monoisotopic (exact) mass is 521 g/mol. The van der Waals surface area contributed by atoms with E-state index in [0.717, 1.165) is 22.6 Å². The Balaban J connectivity index is 1.81. The number of likely N-dealkylation sites (N-methyl/N-ethyl adjacent to an activating group) is 1. The van der Waals surface area contributed by atoms with E-state index >= 15 is 0 Å². The highest BCUT2D eigenvalue weighted by atomic mass is 19.1. The number of benzene rings is 3. The molecule has 1 aliphatic rings. The predicted octanol–water partition coefficient (Wildman–Crippen LogP) is 3.55. The van der Waals surface area contributed by atoms with Gasteiger partial charge < -0.3 is 15.4 Å². The Bertz CT molecular complexity index is 1280. The average molecular weight is 522 g/mol. The largest absolute Gasteiger partial charge is 0.361 e. The second-order valence-corrected chi connectivity index (χ2v) is 9.38. The van der Waals surface area contributed by atoms with Gasteiger partial charge in [0.05, 0.1) is 19.0 Å². The third-order valence-corrected chi connectivity index (χ3v) is 6.42. The molecule has 0 aromatic heterocycles. The van der Waals surface area contributed by atoms with Crippen LogP contribution in [0.3, 0.4) is 0 Å². The van der Waals surface area contributed by atoms with E-state index in [1.807, 2.05) is 30.3 Å². The zero-order valence-corrected chi connectivity index (χ0v) is 21.1. The highest BCUT2D eigenvalue weighted by Crippen LogP contribution is 2.36. The Morgan fingerprint density at radius 2 is 1.55 bits per heavy atom. The van der Waals surface area contributed by atoms with E-state index in [4.69, 9.17) is 10.5 Å². The summed E-state index contributed by atoms with van der Waals surface area (Å²) in [6.07, 6.45) is -2.11. The van der Waals surface area contributed by atoms with Gasteiger partial charge in [-0.25, -0.2) is 8.78 Å². The Labute approximate surface area is 219 Å². The topological polar surface area (TPSA) is 92.9 Å². The second-order valence-electron chi connectivity index (χ2n) is 9.38. The first kappa shape index (κ1) is 27.1. The number of amides is 3. The lowest BCUT2D eigenvalue weighted by Gasteiger charge is -2.35. The summed E-state index contributed by atoms with van der Waals surface area (Å²) in [5, 5.41) is 0. The molecule has 7 nitrogen and oxygen atoms in total. The van der Waals surface area contributed by atoms with Gasteiger partial charge in [0.1, 0.15) is 29.9 Å². The minimum absolute atomic E-state index is 0.0174. The molecule has 1 fully saturated rings. The van der Waals surface area contributed by atoms with Crippen LogP contribution in [0.5, 0.6) is 0 Å². The summed E-state index contributed by atoms with van der Waals surface area (Å²) in [6.45, 7) is 1.58. The number of halogens is 2. The number of ether oxygens (including phenoxy) is 1. The van der Waals surface area contributed by atoms with Gasteiger partial charge in [0.15, 0.2) is 0 Å². The van der Waals surface area contributed by atoms with Crippen LogP contribution in [-0.2, 0) is 25.5 Å². The molecule has 3 aromatic rings. The van der Waals surface area contributed by atoms with Crippen molar-refractivity contribution in [2.75, 3.05) is 13.6 Å². The van der Waals surface area contributed by atoms with Crippen molar-refractivity contribution in [1.29, 1.82) is 0 Å². The number of carbonyl (C=O) groups is 3. The molecule has 0 radical (unpaired) electrons. The molecule has 1 saturated heterocycles. The van der Waals surface area contributed by atoms with Crippen LogP contribution in [0.4, 0.5) is 8.78 Å². The van der Waals surface area contributed by atoms with E-state index in [1.54, 1.807) is 37.4 Å². The van der Waals surface area contributed by atoms with Gasteiger partial charge in [-0.15, -0.1) is 0 Å². The van der Waals surface area contributed by atoms with E-state index in [9.17, 15) is 23.2 Å². The molecule has 0 aliphatic carbocycles. The van der Waals surface area contributed by atoms with Gasteiger partial charge in [-0.05, 0) is 35.7 Å². The fourth-order valence-electron chi connectivity index (χ4n) is 4.60. The third kappa shape index (κ3) is 5.95. The third-order valence-electron chi connectivity index (χ3n) is 6.42. The molecule has 1 heterocycles. The average Bonchev–Trinajstić information content (AvgIpc) is 3.01. The molecule has 0 spiro atoms. The fraction of sp³-hybridized carbons (Fsp3) is 0.276. The van der Waals surface area contributed by atoms with Crippen LogP contribution >= 0.6 is 0 Å². The number of nitrogens with two attached hydrogens (primary N) is 1. The summed E-state index contributed by atoms with van der Waals surface area (Å²) in [6, 6.07) is 18.3. The molecule has 2 N–H and O–H groups in total. The molecule has 1 aliphatic heterocycles. The van der Waals surface area contributed by atoms with Crippen LogP contribution in [0.2, 0.25) is 0 Å². The van der Waals surface area contributed by atoms with Gasteiger partial charge in [0, 0.05) is 13.1 Å². The van der Waals surface area contributed by atoms with Gasteiger partial charge >= 0.3 is 0 Å². The van der Waals surface area contributed by atoms with Crippen molar-refractivity contribution < 1.29 is 27.9 Å². The van der Waals surface area contributed by atoms with Crippen LogP contribution in [0, 0.1) is 11.6 Å². The van der Waals surface area contributed by atoms with Crippen LogP contribution in [-0.4, -0.2) is 53.2 Å². The Kier molecular flexibility index (Phi) is 8.29. The Morgan fingerprint density at radius 1 is 1.00 bits per heavy atom. The maximum Gasteiger partial charge on any atom is 0.248 e. The lowest BCUT2D eigenvalue weighted by molar-refractivity contribution is -0.159. The summed E-state index contributed by atoms with van der Waals surface area (Å²) in [5.41, 5.74) is 7.33. The van der Waals surface area contributed by atoms with Gasteiger partial charge in [-0.2, -0.15) is 0 Å². The highest BCUT2D eigenvalue weighted by molar-refractivity contribution is 6.03. The summed E-state index contributed by atoms with van der Waals surface area (Å²) >= 11 is 0. The van der Waals surface area contributed by atoms with Crippen molar-refractivity contribution in [3.63, 3.8) is 0 Å². The van der Waals surface area contributed by atoms with Gasteiger partial charge in [-0.3, -0.25) is 19.3 Å². The smallest absolute Gasteiger partial charge is 0.248 e. The van der Waals surface area contributed by atoms with Crippen LogP contribution in [0.25, 0.3) is 0 Å². The van der Waals surface area contributed by atoms with E-state index < -0.39 is 60.1 Å². The first-order valence-corrected chi connectivity index (χ1v) is 12.2. The van der Waals surface area contributed by atoms with Crippen LogP contribution in [0.15, 0.2) is 78.9 Å². The Morgan fingerprint density at radius 3 is 2.11 bits per heavy atom. The molecule has 3 aromatic carbocycles. The first-order valence-electron chi connectivity index (χ1n) is 12.2. The molecule has 0 saturated carbocycles. The molecule has 0 unspecified atom stereocenters. The van der Waals surface area contributed by atoms with Crippen molar-refractivity contribution in [3.8, 4) is 0 Å². The maximum absolute atomic E-state index is 13.9. The van der Waals surface area contributed by atoms with E-state index in [0.29, 0.717) is 11.6 Å². The normalized spacial score (nSPS) is 20.5. The predicted molar refractivity (Wildman–Crippen MR) is 136 cm³/mol. The quantitative estimate of drug-likeness (QED) is 0.536. The van der Waals surface area contributed by atoms with Crippen molar-refractivity contribution in [1.82, 2.24) is 9.80 Å². The summed E-state index contributed by atoms with van der Waals surface area (Å²) in [7, 11) is 1.57. The maximum atomic E-state index is 13.9. The zero-order valence-electron chi connectivity index (χ0n) is 21.1. The van der Waals surface area contributed by atoms with Crippen molar-refractivity contribution >= 4 is 17.7 Å². The van der Waals surface area contributed by atoms with E-state index in [-0.39, 0.29) is 12.1 Å². The van der Waals surface area contributed by atoms with Crippen LogP contribution < -0.4 is 5.73 Å². The lowest BCUT2D eigenvalue weighted by Crippen LogP contribution is -2.58. The molecular weight excluding hydrogens is 492 g/mol. The lowest BCUT2D eigenvalue weighted by atomic mass is 9.97. The highest BCUT2D eigenvalue weighted by Gasteiger charge is 2.46. The molecule has 198 valence electrons. The Hall–Kier alpha value is -3.95. The molecule has 4 atom stereocenters. The second kappa shape index (κ2) is 11.6. The number of hydrogen-bond donors (Lipinski definition) is 1. The summed E-state index contributed by atoms with van der Waals surface area (Å²) in [5.74, 6) is -3.88. The van der Waals surface area contributed by atoms with Crippen LogP contribution in [0.1, 0.15) is 35.8 Å².